The zero-order valence-corrected chi connectivity index (χ0v) is 18.3. The maximum Gasteiger partial charge on any atom is 0.221 e. The standard InChI is InChI=1S/C21H23N5O3S/c1-11-18(13(3)27)12(2)23-19(11)20(29)14(4)30-21-25-22-10-26(21)17-8-6-7-16(9-17)24-15(5)28/h6-10,14,23H,1-5H3,(H,24,28). The maximum absolute atomic E-state index is 13.0. The number of H-pyrrole nitrogens is 1. The molecule has 1 amide bonds. The summed E-state index contributed by atoms with van der Waals surface area (Å²) in [6.07, 6.45) is 1.56. The molecule has 30 heavy (non-hydrogen) atoms. The van der Waals surface area contributed by atoms with Gasteiger partial charge < -0.3 is 10.3 Å². The van der Waals surface area contributed by atoms with Gasteiger partial charge in [0.05, 0.1) is 16.6 Å². The minimum atomic E-state index is -0.456. The number of benzene rings is 1. The lowest BCUT2D eigenvalue weighted by Crippen LogP contribution is -2.16. The SMILES string of the molecule is CC(=O)Nc1cccc(-n2cnnc2SC(C)C(=O)c2[nH]c(C)c(C(C)=O)c2C)c1. The second kappa shape index (κ2) is 8.66. The molecule has 8 nitrogen and oxygen atoms in total. The molecule has 1 atom stereocenters. The molecule has 2 N–H and O–H groups in total. The van der Waals surface area contributed by atoms with Crippen molar-refractivity contribution in [2.24, 2.45) is 0 Å². The van der Waals surface area contributed by atoms with Gasteiger partial charge in [-0.2, -0.15) is 0 Å². The summed E-state index contributed by atoms with van der Waals surface area (Å²) in [5, 5.41) is 11.0. The van der Waals surface area contributed by atoms with E-state index in [1.54, 1.807) is 43.8 Å². The molecule has 1 aromatic carbocycles. The first kappa shape index (κ1) is 21.5. The van der Waals surface area contributed by atoms with Crippen LogP contribution in [0.3, 0.4) is 0 Å². The van der Waals surface area contributed by atoms with Crippen molar-refractivity contribution in [3.05, 3.63) is 53.1 Å². The van der Waals surface area contributed by atoms with Crippen molar-refractivity contribution in [2.45, 2.75) is 45.0 Å². The molecule has 0 bridgehead atoms. The Hall–Kier alpha value is -3.20. The van der Waals surface area contributed by atoms with E-state index < -0.39 is 5.25 Å². The van der Waals surface area contributed by atoms with Gasteiger partial charge in [0.2, 0.25) is 5.91 Å². The number of hydrogen-bond acceptors (Lipinski definition) is 6. The van der Waals surface area contributed by atoms with Gasteiger partial charge in [0, 0.05) is 23.9 Å². The minimum absolute atomic E-state index is 0.0700. The van der Waals surface area contributed by atoms with E-state index >= 15 is 0 Å². The Kier molecular flexibility index (Phi) is 6.21. The Morgan fingerprint density at radius 2 is 1.93 bits per heavy atom. The van der Waals surface area contributed by atoms with Crippen LogP contribution in [0.15, 0.2) is 35.7 Å². The summed E-state index contributed by atoms with van der Waals surface area (Å²) >= 11 is 1.27. The third-order valence-electron chi connectivity index (χ3n) is 4.65. The number of ketones is 2. The van der Waals surface area contributed by atoms with E-state index in [0.29, 0.717) is 33.4 Å². The monoisotopic (exact) mass is 425 g/mol. The summed E-state index contributed by atoms with van der Waals surface area (Å²) in [7, 11) is 0. The van der Waals surface area contributed by atoms with Crippen molar-refractivity contribution >= 4 is 34.9 Å². The number of anilines is 1. The Balaban J connectivity index is 1.84. The lowest BCUT2D eigenvalue weighted by Gasteiger charge is -2.12. The molecule has 0 saturated heterocycles. The van der Waals surface area contributed by atoms with Crippen LogP contribution < -0.4 is 5.32 Å². The lowest BCUT2D eigenvalue weighted by molar-refractivity contribution is -0.114. The minimum Gasteiger partial charge on any atom is -0.355 e. The summed E-state index contributed by atoms with van der Waals surface area (Å²) in [4.78, 5) is 39.3. The van der Waals surface area contributed by atoms with Gasteiger partial charge in [0.15, 0.2) is 16.7 Å². The van der Waals surface area contributed by atoms with Crippen LogP contribution in [0.25, 0.3) is 5.69 Å². The number of aryl methyl sites for hydroxylation is 1. The average molecular weight is 426 g/mol. The molecule has 0 aliphatic rings. The molecule has 0 aliphatic heterocycles. The first-order valence-electron chi connectivity index (χ1n) is 9.38. The predicted octanol–water partition coefficient (Wildman–Crippen LogP) is 3.74. The predicted molar refractivity (Wildman–Crippen MR) is 116 cm³/mol. The van der Waals surface area contributed by atoms with Crippen LogP contribution in [-0.2, 0) is 4.79 Å². The van der Waals surface area contributed by atoms with Gasteiger partial charge in [-0.3, -0.25) is 19.0 Å². The summed E-state index contributed by atoms with van der Waals surface area (Å²) < 4.78 is 1.76. The maximum atomic E-state index is 13.0. The fourth-order valence-corrected chi connectivity index (χ4v) is 4.26. The van der Waals surface area contributed by atoms with Crippen LogP contribution in [0, 0.1) is 13.8 Å². The second-order valence-corrected chi connectivity index (χ2v) is 8.33. The topological polar surface area (TPSA) is 110 Å². The van der Waals surface area contributed by atoms with Gasteiger partial charge in [-0.25, -0.2) is 0 Å². The van der Waals surface area contributed by atoms with Gasteiger partial charge in [0.25, 0.3) is 0 Å². The van der Waals surface area contributed by atoms with Crippen molar-refractivity contribution in [3.8, 4) is 5.69 Å². The number of nitrogens with one attached hydrogen (secondary N) is 2. The zero-order valence-electron chi connectivity index (χ0n) is 17.4. The number of aromatic amines is 1. The molecule has 3 aromatic rings. The fourth-order valence-electron chi connectivity index (χ4n) is 3.36. The van der Waals surface area contributed by atoms with E-state index in [-0.39, 0.29) is 17.5 Å². The Bertz CT molecular complexity index is 1130. The van der Waals surface area contributed by atoms with Gasteiger partial charge in [-0.15, -0.1) is 10.2 Å². The highest BCUT2D eigenvalue weighted by Crippen LogP contribution is 2.28. The molecule has 0 saturated carbocycles. The van der Waals surface area contributed by atoms with Crippen molar-refractivity contribution < 1.29 is 14.4 Å². The van der Waals surface area contributed by atoms with Crippen LogP contribution in [-0.4, -0.2) is 42.5 Å². The number of thioether (sulfide) groups is 1. The molecule has 2 heterocycles. The Morgan fingerprint density at radius 1 is 1.20 bits per heavy atom. The highest BCUT2D eigenvalue weighted by Gasteiger charge is 2.25. The number of aromatic nitrogens is 4. The fraction of sp³-hybridized carbons (Fsp3) is 0.286. The summed E-state index contributed by atoms with van der Waals surface area (Å²) in [6.45, 7) is 8.30. The van der Waals surface area contributed by atoms with Crippen LogP contribution in [0.2, 0.25) is 0 Å². The number of rotatable bonds is 7. The molecule has 1 unspecified atom stereocenters. The van der Waals surface area contributed by atoms with Gasteiger partial charge >= 0.3 is 0 Å². The number of amides is 1. The molecule has 9 heteroatoms. The number of carbonyl (C=O) groups is 3. The molecule has 0 spiro atoms. The summed E-state index contributed by atoms with van der Waals surface area (Å²) in [5.74, 6) is -0.347. The highest BCUT2D eigenvalue weighted by molar-refractivity contribution is 8.00. The zero-order chi connectivity index (χ0) is 22.0. The number of Topliss-reactive ketones (excluding diaryl/α,β-unsaturated/α-hetero) is 2. The molecule has 2 aromatic heterocycles. The van der Waals surface area contributed by atoms with Gasteiger partial charge in [-0.05, 0) is 51.5 Å². The van der Waals surface area contributed by atoms with Crippen molar-refractivity contribution in [1.29, 1.82) is 0 Å². The van der Waals surface area contributed by atoms with E-state index in [1.165, 1.54) is 25.6 Å². The Labute approximate surface area is 178 Å². The van der Waals surface area contributed by atoms with Crippen molar-refractivity contribution in [2.75, 3.05) is 5.32 Å². The molecule has 3 rings (SSSR count). The molecule has 0 radical (unpaired) electrons. The number of carbonyl (C=O) groups excluding carboxylic acids is 3. The third-order valence-corrected chi connectivity index (χ3v) is 5.71. The van der Waals surface area contributed by atoms with Gasteiger partial charge in [0.1, 0.15) is 6.33 Å². The summed E-state index contributed by atoms with van der Waals surface area (Å²) in [6, 6.07) is 7.27. The van der Waals surface area contributed by atoms with E-state index in [0.717, 1.165) is 5.69 Å². The van der Waals surface area contributed by atoms with Crippen molar-refractivity contribution in [1.82, 2.24) is 19.7 Å². The highest BCUT2D eigenvalue weighted by atomic mass is 32.2. The molecular formula is C21H23N5O3S. The quantitative estimate of drug-likeness (QED) is 0.441. The molecule has 156 valence electrons. The van der Waals surface area contributed by atoms with Crippen LogP contribution in [0.5, 0.6) is 0 Å². The summed E-state index contributed by atoms with van der Waals surface area (Å²) in [5.41, 5.74) is 3.78. The smallest absolute Gasteiger partial charge is 0.221 e. The van der Waals surface area contributed by atoms with E-state index in [9.17, 15) is 14.4 Å². The van der Waals surface area contributed by atoms with E-state index in [1.807, 2.05) is 12.1 Å². The van der Waals surface area contributed by atoms with Crippen LogP contribution in [0.4, 0.5) is 5.69 Å². The third kappa shape index (κ3) is 4.35. The van der Waals surface area contributed by atoms with E-state index in [4.69, 9.17) is 0 Å². The van der Waals surface area contributed by atoms with Crippen LogP contribution >= 0.6 is 11.8 Å². The molecule has 0 aliphatic carbocycles. The molecule has 0 fully saturated rings. The normalized spacial score (nSPS) is 11.9. The van der Waals surface area contributed by atoms with E-state index in [2.05, 4.69) is 20.5 Å². The second-order valence-electron chi connectivity index (χ2n) is 7.02. The molecular weight excluding hydrogens is 402 g/mol. The number of hydrogen-bond donors (Lipinski definition) is 2. The number of nitrogens with zero attached hydrogens (tertiary/aromatic N) is 3. The van der Waals surface area contributed by atoms with Gasteiger partial charge in [-0.1, -0.05) is 17.8 Å². The largest absolute Gasteiger partial charge is 0.355 e. The Morgan fingerprint density at radius 3 is 2.57 bits per heavy atom. The van der Waals surface area contributed by atoms with Crippen LogP contribution in [0.1, 0.15) is 52.9 Å². The van der Waals surface area contributed by atoms with Crippen molar-refractivity contribution in [3.63, 3.8) is 0 Å². The lowest BCUT2D eigenvalue weighted by atomic mass is 10.0. The average Bonchev–Trinajstić information content (AvgIpc) is 3.24. The first-order valence-corrected chi connectivity index (χ1v) is 10.3. The first-order chi connectivity index (χ1) is 14.2.